The van der Waals surface area contributed by atoms with Crippen molar-refractivity contribution in [2.75, 3.05) is 10.5 Å². The number of nitrogens with zero attached hydrogens (tertiary/aromatic N) is 2. The van der Waals surface area contributed by atoms with Crippen molar-refractivity contribution in [2.45, 2.75) is 25.7 Å². The van der Waals surface area contributed by atoms with Crippen LogP contribution in [0.15, 0.2) is 17.0 Å². The fourth-order valence-corrected chi connectivity index (χ4v) is 3.73. The molecule has 6 nitrogen and oxygen atoms in total. The molecule has 21 heavy (non-hydrogen) atoms. The van der Waals surface area contributed by atoms with Crippen LogP contribution in [0.4, 0.5) is 11.4 Å². The summed E-state index contributed by atoms with van der Waals surface area (Å²) in [6.45, 7) is 5.21. The molecule has 0 atom stereocenters. The Hall–Kier alpha value is -1.73. The van der Waals surface area contributed by atoms with Crippen LogP contribution in [0.5, 0.6) is 0 Å². The summed E-state index contributed by atoms with van der Waals surface area (Å²) in [5.41, 5.74) is 8.27. The number of rotatable bonds is 3. The number of anilines is 2. The highest BCUT2D eigenvalue weighted by Gasteiger charge is 2.22. The molecule has 2 rings (SSSR count). The first-order valence-corrected chi connectivity index (χ1v) is 8.08. The minimum absolute atomic E-state index is 0.104. The summed E-state index contributed by atoms with van der Waals surface area (Å²) in [7, 11) is -2.00. The van der Waals surface area contributed by atoms with E-state index in [4.69, 9.17) is 17.3 Å². The topological polar surface area (TPSA) is 90.0 Å². The van der Waals surface area contributed by atoms with Gasteiger partial charge in [-0.3, -0.25) is 9.40 Å². The van der Waals surface area contributed by atoms with Crippen LogP contribution in [0, 0.1) is 20.8 Å². The Bertz CT molecular complexity index is 812. The number of benzene rings is 1. The number of halogens is 1. The second-order valence-corrected chi connectivity index (χ2v) is 6.97. The fraction of sp³-hybridized carbons (Fsp3) is 0.308. The summed E-state index contributed by atoms with van der Waals surface area (Å²) in [6, 6.07) is 2.90. The molecule has 1 heterocycles. The van der Waals surface area contributed by atoms with E-state index < -0.39 is 10.0 Å². The molecule has 114 valence electrons. The predicted molar refractivity (Wildman–Crippen MR) is 84.1 cm³/mol. The molecule has 0 radical (unpaired) electrons. The number of aryl methyl sites for hydroxylation is 3. The van der Waals surface area contributed by atoms with E-state index in [-0.39, 0.29) is 10.6 Å². The van der Waals surface area contributed by atoms with E-state index in [0.717, 1.165) is 5.69 Å². The number of sulfonamides is 1. The van der Waals surface area contributed by atoms with Gasteiger partial charge in [0.1, 0.15) is 0 Å². The Morgan fingerprint density at radius 2 is 1.90 bits per heavy atom. The quantitative estimate of drug-likeness (QED) is 0.846. The molecule has 1 aromatic carbocycles. The second-order valence-electron chi connectivity index (χ2n) is 4.91. The van der Waals surface area contributed by atoms with E-state index in [1.807, 2.05) is 0 Å². The molecule has 0 spiro atoms. The first-order chi connectivity index (χ1) is 9.63. The lowest BCUT2D eigenvalue weighted by Gasteiger charge is -2.12. The van der Waals surface area contributed by atoms with Crippen molar-refractivity contribution in [1.29, 1.82) is 0 Å². The zero-order chi connectivity index (χ0) is 15.9. The minimum Gasteiger partial charge on any atom is -0.397 e. The van der Waals surface area contributed by atoms with Gasteiger partial charge in [0.2, 0.25) is 0 Å². The molecular formula is C13H17ClN4O2S. The number of hydrogen-bond acceptors (Lipinski definition) is 4. The molecule has 8 heteroatoms. The van der Waals surface area contributed by atoms with E-state index in [9.17, 15) is 8.42 Å². The van der Waals surface area contributed by atoms with Crippen LogP contribution in [0.25, 0.3) is 0 Å². The van der Waals surface area contributed by atoms with Crippen LogP contribution in [0.2, 0.25) is 5.02 Å². The van der Waals surface area contributed by atoms with Crippen LogP contribution >= 0.6 is 11.6 Å². The highest BCUT2D eigenvalue weighted by atomic mass is 35.5. The molecule has 0 bridgehead atoms. The van der Waals surface area contributed by atoms with Gasteiger partial charge >= 0.3 is 0 Å². The van der Waals surface area contributed by atoms with Gasteiger partial charge < -0.3 is 5.73 Å². The Labute approximate surface area is 129 Å². The zero-order valence-electron chi connectivity index (χ0n) is 12.2. The van der Waals surface area contributed by atoms with E-state index in [1.54, 1.807) is 32.5 Å². The summed E-state index contributed by atoms with van der Waals surface area (Å²) in [5.74, 6) is 0. The molecule has 0 aliphatic heterocycles. The van der Waals surface area contributed by atoms with Crippen molar-refractivity contribution in [2.24, 2.45) is 7.05 Å². The number of hydrogen-bond donors (Lipinski definition) is 2. The summed E-state index contributed by atoms with van der Waals surface area (Å²) in [5, 5.41) is 4.52. The molecule has 2 aromatic rings. The van der Waals surface area contributed by atoms with Gasteiger partial charge in [-0.15, -0.1) is 0 Å². The van der Waals surface area contributed by atoms with Gasteiger partial charge in [0.15, 0.2) is 0 Å². The van der Waals surface area contributed by atoms with Crippen molar-refractivity contribution in [3.05, 3.63) is 34.1 Å². The highest BCUT2D eigenvalue weighted by Crippen LogP contribution is 2.29. The molecule has 0 saturated heterocycles. The smallest absolute Gasteiger partial charge is 0.262 e. The molecule has 0 saturated carbocycles. The van der Waals surface area contributed by atoms with Gasteiger partial charge in [-0.05, 0) is 38.5 Å². The maximum atomic E-state index is 12.6. The number of aromatic nitrogens is 2. The maximum Gasteiger partial charge on any atom is 0.262 e. The third-order valence-corrected chi connectivity index (χ3v) is 5.15. The highest BCUT2D eigenvalue weighted by molar-refractivity contribution is 7.92. The Kier molecular flexibility index (Phi) is 3.90. The Morgan fingerprint density at radius 1 is 1.29 bits per heavy atom. The number of nitrogens with two attached hydrogens (primary N) is 1. The first-order valence-electron chi connectivity index (χ1n) is 6.22. The van der Waals surface area contributed by atoms with Crippen LogP contribution in [-0.2, 0) is 17.1 Å². The normalized spacial score (nSPS) is 11.7. The van der Waals surface area contributed by atoms with Crippen LogP contribution in [0.3, 0.4) is 0 Å². The van der Waals surface area contributed by atoms with Crippen LogP contribution in [0.1, 0.15) is 17.0 Å². The molecule has 0 fully saturated rings. The average Bonchev–Trinajstić information content (AvgIpc) is 2.60. The third-order valence-electron chi connectivity index (χ3n) is 3.33. The average molecular weight is 329 g/mol. The SMILES string of the molecule is Cc1cc(Cl)c(N)cc1S(=O)(=O)Nc1c(C)nn(C)c1C. The lowest BCUT2D eigenvalue weighted by molar-refractivity contribution is 0.600. The summed E-state index contributed by atoms with van der Waals surface area (Å²) in [6.07, 6.45) is 0. The Balaban J connectivity index is 2.51. The van der Waals surface area contributed by atoms with Crippen molar-refractivity contribution in [3.8, 4) is 0 Å². The fourth-order valence-electron chi connectivity index (χ4n) is 2.07. The van der Waals surface area contributed by atoms with E-state index in [1.165, 1.54) is 12.1 Å². The molecule has 0 amide bonds. The van der Waals surface area contributed by atoms with E-state index >= 15 is 0 Å². The van der Waals surface area contributed by atoms with Gasteiger partial charge in [-0.2, -0.15) is 5.10 Å². The molecule has 1 aromatic heterocycles. The molecule has 0 aliphatic carbocycles. The standard InChI is InChI=1S/C13H17ClN4O2S/c1-7-5-10(14)11(15)6-12(7)21(19,20)17-13-8(2)16-18(4)9(13)3/h5-6,17H,15H2,1-4H3. The van der Waals surface area contributed by atoms with E-state index in [2.05, 4.69) is 9.82 Å². The minimum atomic E-state index is -3.76. The largest absolute Gasteiger partial charge is 0.397 e. The lowest BCUT2D eigenvalue weighted by Crippen LogP contribution is -2.15. The number of nitrogen functional groups attached to an aromatic ring is 1. The van der Waals surface area contributed by atoms with Crippen molar-refractivity contribution >= 4 is 33.0 Å². The summed E-state index contributed by atoms with van der Waals surface area (Å²) in [4.78, 5) is 0.104. The second kappa shape index (κ2) is 5.23. The lowest BCUT2D eigenvalue weighted by atomic mass is 10.2. The number of nitrogens with one attached hydrogen (secondary N) is 1. The zero-order valence-corrected chi connectivity index (χ0v) is 13.8. The summed E-state index contributed by atoms with van der Waals surface area (Å²) < 4.78 is 29.3. The van der Waals surface area contributed by atoms with Gasteiger partial charge in [0.25, 0.3) is 10.0 Å². The van der Waals surface area contributed by atoms with Crippen LogP contribution in [-0.4, -0.2) is 18.2 Å². The van der Waals surface area contributed by atoms with E-state index in [0.29, 0.717) is 22.0 Å². The van der Waals surface area contributed by atoms with Gasteiger partial charge in [0.05, 0.1) is 32.7 Å². The molecule has 3 N–H and O–H groups in total. The summed E-state index contributed by atoms with van der Waals surface area (Å²) >= 11 is 5.90. The maximum absolute atomic E-state index is 12.6. The van der Waals surface area contributed by atoms with Gasteiger partial charge in [-0.1, -0.05) is 11.6 Å². The molecule has 0 unspecified atom stereocenters. The third kappa shape index (κ3) is 2.84. The van der Waals surface area contributed by atoms with Gasteiger partial charge in [0, 0.05) is 7.05 Å². The molecular weight excluding hydrogens is 312 g/mol. The first kappa shape index (κ1) is 15.7. The van der Waals surface area contributed by atoms with Crippen molar-refractivity contribution in [1.82, 2.24) is 9.78 Å². The molecule has 0 aliphatic rings. The monoisotopic (exact) mass is 328 g/mol. The van der Waals surface area contributed by atoms with Crippen molar-refractivity contribution in [3.63, 3.8) is 0 Å². The van der Waals surface area contributed by atoms with Gasteiger partial charge in [-0.25, -0.2) is 8.42 Å². The van der Waals surface area contributed by atoms with Crippen molar-refractivity contribution < 1.29 is 8.42 Å². The predicted octanol–water partition coefficient (Wildman–Crippen LogP) is 2.38. The Morgan fingerprint density at radius 3 is 2.43 bits per heavy atom. The van der Waals surface area contributed by atoms with Crippen LogP contribution < -0.4 is 10.5 Å².